The molecule has 16 heavy (non-hydrogen) atoms. The Labute approximate surface area is 95.0 Å². The summed E-state index contributed by atoms with van der Waals surface area (Å²) in [5.41, 5.74) is 1.19. The van der Waals surface area contributed by atoms with Gasteiger partial charge in [0.05, 0.1) is 5.56 Å². The quantitative estimate of drug-likeness (QED) is 0.626. The maximum absolute atomic E-state index is 11.5. The van der Waals surface area contributed by atoms with Crippen molar-refractivity contribution in [2.45, 2.75) is 38.7 Å². The fourth-order valence-corrected chi connectivity index (χ4v) is 2.10. The highest BCUT2D eigenvalue weighted by atomic mass is 16.5. The lowest BCUT2D eigenvalue weighted by atomic mass is 10.00. The highest BCUT2D eigenvalue weighted by Crippen LogP contribution is 2.39. The highest BCUT2D eigenvalue weighted by molar-refractivity contribution is 5.94. The van der Waals surface area contributed by atoms with E-state index < -0.39 is 0 Å². The minimum Gasteiger partial charge on any atom is -0.508 e. The standard InChI is InChI=1S/C13H16O3/c1-2-3-4-8-11-12-9(13(15)16-11)6-5-7-10(12)14/h5-7,11,14H,2-4,8H2,1H3. The van der Waals surface area contributed by atoms with Crippen LogP contribution in [-0.2, 0) is 4.74 Å². The van der Waals surface area contributed by atoms with Gasteiger partial charge in [-0.3, -0.25) is 0 Å². The van der Waals surface area contributed by atoms with Gasteiger partial charge in [-0.1, -0.05) is 25.8 Å². The van der Waals surface area contributed by atoms with E-state index in [-0.39, 0.29) is 17.8 Å². The third-order valence-electron chi connectivity index (χ3n) is 2.94. The number of ether oxygens (including phenoxy) is 1. The number of hydrogen-bond donors (Lipinski definition) is 1. The molecular weight excluding hydrogens is 204 g/mol. The Balaban J connectivity index is 2.18. The number of unbranched alkanes of at least 4 members (excludes halogenated alkanes) is 2. The van der Waals surface area contributed by atoms with Crippen molar-refractivity contribution in [2.24, 2.45) is 0 Å². The number of phenols is 1. The maximum Gasteiger partial charge on any atom is 0.339 e. The van der Waals surface area contributed by atoms with Crippen molar-refractivity contribution >= 4 is 5.97 Å². The monoisotopic (exact) mass is 220 g/mol. The summed E-state index contributed by atoms with van der Waals surface area (Å²) in [5.74, 6) is -0.141. The van der Waals surface area contributed by atoms with Gasteiger partial charge >= 0.3 is 5.97 Å². The zero-order valence-electron chi connectivity index (χ0n) is 9.40. The van der Waals surface area contributed by atoms with Gasteiger partial charge in [-0.25, -0.2) is 4.79 Å². The van der Waals surface area contributed by atoms with Gasteiger partial charge < -0.3 is 9.84 Å². The zero-order valence-corrected chi connectivity index (χ0v) is 9.40. The Morgan fingerprint density at radius 3 is 2.94 bits per heavy atom. The first-order valence-corrected chi connectivity index (χ1v) is 5.77. The summed E-state index contributed by atoms with van der Waals surface area (Å²) >= 11 is 0. The van der Waals surface area contributed by atoms with Crippen LogP contribution in [0.4, 0.5) is 0 Å². The summed E-state index contributed by atoms with van der Waals surface area (Å²) in [6.07, 6.45) is 3.81. The summed E-state index contributed by atoms with van der Waals surface area (Å²) in [6.45, 7) is 2.13. The number of phenolic OH excluding ortho intramolecular Hbond substituents is 1. The molecule has 3 nitrogen and oxygen atoms in total. The van der Waals surface area contributed by atoms with Crippen molar-refractivity contribution in [1.82, 2.24) is 0 Å². The van der Waals surface area contributed by atoms with E-state index in [4.69, 9.17) is 4.74 Å². The molecule has 2 rings (SSSR count). The number of esters is 1. The summed E-state index contributed by atoms with van der Waals surface area (Å²) in [6, 6.07) is 4.98. The first-order chi connectivity index (χ1) is 7.74. The molecule has 0 spiro atoms. The minimum absolute atomic E-state index is 0.171. The van der Waals surface area contributed by atoms with Gasteiger partial charge in [0.25, 0.3) is 0 Å². The molecule has 1 heterocycles. The van der Waals surface area contributed by atoms with Crippen LogP contribution in [0.1, 0.15) is 54.6 Å². The predicted molar refractivity (Wildman–Crippen MR) is 60.4 cm³/mol. The van der Waals surface area contributed by atoms with Crippen LogP contribution in [0.2, 0.25) is 0 Å². The van der Waals surface area contributed by atoms with Gasteiger partial charge in [-0.2, -0.15) is 0 Å². The lowest BCUT2D eigenvalue weighted by molar-refractivity contribution is 0.0361. The molecule has 0 aliphatic carbocycles. The average Bonchev–Trinajstić information content (AvgIpc) is 2.58. The Morgan fingerprint density at radius 2 is 2.19 bits per heavy atom. The van der Waals surface area contributed by atoms with Crippen molar-refractivity contribution in [3.63, 3.8) is 0 Å². The van der Waals surface area contributed by atoms with E-state index in [9.17, 15) is 9.90 Å². The lowest BCUT2D eigenvalue weighted by Gasteiger charge is -2.10. The number of benzene rings is 1. The van der Waals surface area contributed by atoms with Crippen molar-refractivity contribution in [1.29, 1.82) is 0 Å². The number of hydrogen-bond acceptors (Lipinski definition) is 3. The maximum atomic E-state index is 11.5. The number of carbonyl (C=O) groups excluding carboxylic acids is 1. The molecule has 1 aromatic carbocycles. The topological polar surface area (TPSA) is 46.5 Å². The van der Waals surface area contributed by atoms with Gasteiger partial charge in [0, 0.05) is 5.56 Å². The van der Waals surface area contributed by atoms with Gasteiger partial charge in [0.1, 0.15) is 11.9 Å². The second kappa shape index (κ2) is 4.56. The van der Waals surface area contributed by atoms with Crippen LogP contribution in [-0.4, -0.2) is 11.1 Å². The van der Waals surface area contributed by atoms with Gasteiger partial charge in [-0.05, 0) is 25.0 Å². The summed E-state index contributed by atoms with van der Waals surface area (Å²) in [7, 11) is 0. The Bertz CT molecular complexity index is 398. The summed E-state index contributed by atoms with van der Waals surface area (Å²) in [5, 5.41) is 9.74. The molecule has 0 amide bonds. The third-order valence-corrected chi connectivity index (χ3v) is 2.94. The molecule has 1 aliphatic heterocycles. The van der Waals surface area contributed by atoms with Crippen molar-refractivity contribution in [3.8, 4) is 5.75 Å². The molecule has 3 heteroatoms. The van der Waals surface area contributed by atoms with Gasteiger partial charge in [-0.15, -0.1) is 0 Å². The Kier molecular flexibility index (Phi) is 3.13. The molecule has 86 valence electrons. The summed E-state index contributed by atoms with van der Waals surface area (Å²) in [4.78, 5) is 11.5. The van der Waals surface area contributed by atoms with Crippen LogP contribution in [0.25, 0.3) is 0 Å². The van der Waals surface area contributed by atoms with Crippen LogP contribution >= 0.6 is 0 Å². The smallest absolute Gasteiger partial charge is 0.339 e. The average molecular weight is 220 g/mol. The zero-order chi connectivity index (χ0) is 11.5. The highest BCUT2D eigenvalue weighted by Gasteiger charge is 2.32. The second-order valence-corrected chi connectivity index (χ2v) is 4.13. The molecule has 1 aromatic rings. The molecule has 1 aliphatic rings. The van der Waals surface area contributed by atoms with Crippen molar-refractivity contribution in [3.05, 3.63) is 29.3 Å². The Morgan fingerprint density at radius 1 is 1.38 bits per heavy atom. The predicted octanol–water partition coefficient (Wildman–Crippen LogP) is 3.18. The minimum atomic E-state index is -0.313. The normalized spacial score (nSPS) is 18.3. The molecule has 1 unspecified atom stereocenters. The second-order valence-electron chi connectivity index (χ2n) is 4.13. The van der Waals surface area contributed by atoms with Gasteiger partial charge in [0.2, 0.25) is 0 Å². The molecule has 0 saturated carbocycles. The molecule has 1 N–H and O–H groups in total. The fraction of sp³-hybridized carbons (Fsp3) is 0.462. The van der Waals surface area contributed by atoms with E-state index >= 15 is 0 Å². The number of aromatic hydroxyl groups is 1. The van der Waals surface area contributed by atoms with Gasteiger partial charge in [0.15, 0.2) is 0 Å². The molecule has 0 saturated heterocycles. The Hall–Kier alpha value is -1.51. The molecule has 0 bridgehead atoms. The van der Waals surface area contributed by atoms with Crippen LogP contribution in [0.15, 0.2) is 18.2 Å². The third kappa shape index (κ3) is 1.90. The van der Waals surface area contributed by atoms with E-state index in [0.717, 1.165) is 25.7 Å². The molecule has 1 atom stereocenters. The first-order valence-electron chi connectivity index (χ1n) is 5.77. The van der Waals surface area contributed by atoms with E-state index in [2.05, 4.69) is 6.92 Å². The molecule has 0 radical (unpaired) electrons. The largest absolute Gasteiger partial charge is 0.508 e. The van der Waals surface area contributed by atoms with Crippen LogP contribution in [0.3, 0.4) is 0 Å². The van der Waals surface area contributed by atoms with Crippen LogP contribution in [0, 0.1) is 0 Å². The van der Waals surface area contributed by atoms with E-state index in [1.165, 1.54) is 0 Å². The molecule has 0 fully saturated rings. The van der Waals surface area contributed by atoms with E-state index in [1.807, 2.05) is 0 Å². The first kappa shape index (κ1) is 11.0. The number of rotatable bonds is 4. The number of cyclic esters (lactones) is 1. The lowest BCUT2D eigenvalue weighted by Crippen LogP contribution is -1.98. The van der Waals surface area contributed by atoms with E-state index in [0.29, 0.717) is 11.1 Å². The van der Waals surface area contributed by atoms with Crippen molar-refractivity contribution in [2.75, 3.05) is 0 Å². The van der Waals surface area contributed by atoms with Crippen molar-refractivity contribution < 1.29 is 14.6 Å². The SMILES string of the molecule is CCCCCC1OC(=O)c2cccc(O)c21. The van der Waals surface area contributed by atoms with E-state index in [1.54, 1.807) is 18.2 Å². The molecular formula is C13H16O3. The fourth-order valence-electron chi connectivity index (χ4n) is 2.10. The van der Waals surface area contributed by atoms with Crippen LogP contribution < -0.4 is 0 Å². The summed E-state index contributed by atoms with van der Waals surface area (Å²) < 4.78 is 5.26. The van der Waals surface area contributed by atoms with Crippen LogP contribution in [0.5, 0.6) is 5.75 Å². The molecule has 0 aromatic heterocycles. The number of fused-ring (bicyclic) bond motifs is 1. The number of carbonyl (C=O) groups is 1.